The third kappa shape index (κ3) is 4.51. The van der Waals surface area contributed by atoms with Gasteiger partial charge in [0.2, 0.25) is 0 Å². The first kappa shape index (κ1) is 15.4. The van der Waals surface area contributed by atoms with Gasteiger partial charge in [0, 0.05) is 23.0 Å². The lowest BCUT2D eigenvalue weighted by Gasteiger charge is -2.08. The van der Waals surface area contributed by atoms with Crippen molar-refractivity contribution in [3.05, 3.63) is 58.7 Å². The van der Waals surface area contributed by atoms with Gasteiger partial charge >= 0.3 is 0 Å². The van der Waals surface area contributed by atoms with E-state index in [1.54, 1.807) is 11.8 Å². The molecule has 2 aromatic rings. The Morgan fingerprint density at radius 1 is 1.25 bits per heavy atom. The summed E-state index contributed by atoms with van der Waals surface area (Å²) in [5.41, 5.74) is 8.28. The van der Waals surface area contributed by atoms with Crippen molar-refractivity contribution in [1.29, 1.82) is 0 Å². The third-order valence-corrected chi connectivity index (χ3v) is 4.51. The molecule has 4 heteroatoms. The molecule has 0 amide bonds. The summed E-state index contributed by atoms with van der Waals surface area (Å²) in [6.07, 6.45) is 3.80. The third-order valence-electron chi connectivity index (χ3n) is 3.15. The molecule has 1 heterocycles. The van der Waals surface area contributed by atoms with Crippen molar-refractivity contribution in [2.24, 2.45) is 5.73 Å². The van der Waals surface area contributed by atoms with Gasteiger partial charge in [-0.3, -0.25) is 0 Å². The predicted octanol–water partition coefficient (Wildman–Crippen LogP) is 4.31. The van der Waals surface area contributed by atoms with E-state index in [4.69, 9.17) is 17.3 Å². The van der Waals surface area contributed by atoms with E-state index in [9.17, 15) is 0 Å². The van der Waals surface area contributed by atoms with Crippen LogP contribution in [0.5, 0.6) is 0 Å². The summed E-state index contributed by atoms with van der Waals surface area (Å²) in [6.45, 7) is 2.10. The van der Waals surface area contributed by atoms with Crippen LogP contribution in [-0.2, 0) is 12.2 Å². The Labute approximate surface area is 129 Å². The Bertz CT molecular complexity index is 542. The summed E-state index contributed by atoms with van der Waals surface area (Å²) in [7, 11) is 0. The van der Waals surface area contributed by atoms with Crippen molar-refractivity contribution in [3.8, 4) is 0 Å². The fraction of sp³-hybridized carbons (Fsp3) is 0.312. The van der Waals surface area contributed by atoms with E-state index in [0.717, 1.165) is 34.2 Å². The van der Waals surface area contributed by atoms with Crippen LogP contribution < -0.4 is 5.73 Å². The van der Waals surface area contributed by atoms with E-state index in [0.29, 0.717) is 0 Å². The molecule has 0 saturated carbocycles. The summed E-state index contributed by atoms with van der Waals surface area (Å²) in [6, 6.07) is 12.3. The SMILES string of the molecule is CCC(N)Cc1ccc(SCc2ccccc2Cl)nc1. The first-order valence-corrected chi connectivity index (χ1v) is 8.12. The van der Waals surface area contributed by atoms with Gasteiger partial charge in [-0.15, -0.1) is 11.8 Å². The average Bonchev–Trinajstić information content (AvgIpc) is 2.48. The van der Waals surface area contributed by atoms with Crippen LogP contribution in [0.4, 0.5) is 0 Å². The van der Waals surface area contributed by atoms with E-state index >= 15 is 0 Å². The highest BCUT2D eigenvalue weighted by atomic mass is 35.5. The quantitative estimate of drug-likeness (QED) is 0.808. The zero-order valence-corrected chi connectivity index (χ0v) is 13.1. The maximum atomic E-state index is 6.14. The van der Waals surface area contributed by atoms with E-state index in [-0.39, 0.29) is 6.04 Å². The molecule has 1 aromatic carbocycles. The number of hydrogen-bond donors (Lipinski definition) is 1. The molecule has 0 aliphatic rings. The van der Waals surface area contributed by atoms with E-state index in [2.05, 4.69) is 24.0 Å². The molecule has 20 heavy (non-hydrogen) atoms. The summed E-state index contributed by atoms with van der Waals surface area (Å²) in [4.78, 5) is 4.48. The number of nitrogens with two attached hydrogens (primary N) is 1. The highest BCUT2D eigenvalue weighted by molar-refractivity contribution is 7.98. The average molecular weight is 307 g/mol. The van der Waals surface area contributed by atoms with Crippen LogP contribution in [0.3, 0.4) is 0 Å². The summed E-state index contributed by atoms with van der Waals surface area (Å²) < 4.78 is 0. The molecular weight excluding hydrogens is 288 g/mol. The summed E-state index contributed by atoms with van der Waals surface area (Å²) in [5, 5.41) is 1.82. The minimum absolute atomic E-state index is 0.221. The predicted molar refractivity (Wildman–Crippen MR) is 87.2 cm³/mol. The van der Waals surface area contributed by atoms with Gasteiger partial charge in [0.15, 0.2) is 0 Å². The summed E-state index contributed by atoms with van der Waals surface area (Å²) >= 11 is 7.84. The highest BCUT2D eigenvalue weighted by Crippen LogP contribution is 2.25. The van der Waals surface area contributed by atoms with Gasteiger partial charge in [-0.1, -0.05) is 42.8 Å². The molecule has 106 valence electrons. The molecule has 1 unspecified atom stereocenters. The molecule has 0 saturated heterocycles. The number of rotatable bonds is 6. The Morgan fingerprint density at radius 3 is 2.70 bits per heavy atom. The first-order valence-electron chi connectivity index (χ1n) is 6.75. The maximum Gasteiger partial charge on any atom is 0.0963 e. The van der Waals surface area contributed by atoms with Crippen LogP contribution in [-0.4, -0.2) is 11.0 Å². The van der Waals surface area contributed by atoms with Crippen molar-refractivity contribution < 1.29 is 0 Å². The van der Waals surface area contributed by atoms with Gasteiger partial charge in [0.25, 0.3) is 0 Å². The molecule has 1 aromatic heterocycles. The number of hydrogen-bond acceptors (Lipinski definition) is 3. The van der Waals surface area contributed by atoms with Crippen molar-refractivity contribution in [3.63, 3.8) is 0 Å². The maximum absolute atomic E-state index is 6.14. The minimum Gasteiger partial charge on any atom is -0.327 e. The van der Waals surface area contributed by atoms with Gasteiger partial charge in [0.05, 0.1) is 5.03 Å². The molecule has 2 N–H and O–H groups in total. The second-order valence-electron chi connectivity index (χ2n) is 4.76. The van der Waals surface area contributed by atoms with Crippen LogP contribution in [0.1, 0.15) is 24.5 Å². The Kier molecular flexibility index (Phi) is 5.89. The fourth-order valence-corrected chi connectivity index (χ4v) is 2.96. The normalized spacial score (nSPS) is 12.3. The van der Waals surface area contributed by atoms with Gasteiger partial charge < -0.3 is 5.73 Å². The Morgan fingerprint density at radius 2 is 2.05 bits per heavy atom. The van der Waals surface area contributed by atoms with Crippen molar-refractivity contribution >= 4 is 23.4 Å². The summed E-state index contributed by atoms with van der Waals surface area (Å²) in [5.74, 6) is 0.834. The molecule has 2 nitrogen and oxygen atoms in total. The highest BCUT2D eigenvalue weighted by Gasteiger charge is 2.04. The van der Waals surface area contributed by atoms with Gasteiger partial charge in [-0.25, -0.2) is 4.98 Å². The van der Waals surface area contributed by atoms with Crippen LogP contribution in [0.15, 0.2) is 47.6 Å². The van der Waals surface area contributed by atoms with Crippen molar-refractivity contribution in [2.45, 2.75) is 36.6 Å². The molecule has 0 fully saturated rings. The van der Waals surface area contributed by atoms with Crippen molar-refractivity contribution in [2.75, 3.05) is 0 Å². The zero-order valence-electron chi connectivity index (χ0n) is 11.6. The lowest BCUT2D eigenvalue weighted by molar-refractivity contribution is 0.644. The molecule has 2 rings (SSSR count). The topological polar surface area (TPSA) is 38.9 Å². The number of pyridine rings is 1. The Hall–Kier alpha value is -1.03. The second-order valence-corrected chi connectivity index (χ2v) is 6.16. The largest absolute Gasteiger partial charge is 0.327 e. The Balaban J connectivity index is 1.92. The van der Waals surface area contributed by atoms with E-state index < -0.39 is 0 Å². The number of halogens is 1. The molecule has 0 spiro atoms. The van der Waals surface area contributed by atoms with Crippen molar-refractivity contribution in [1.82, 2.24) is 4.98 Å². The molecule has 0 aliphatic heterocycles. The molecule has 0 radical (unpaired) electrons. The van der Waals surface area contributed by atoms with Crippen LogP contribution >= 0.6 is 23.4 Å². The fourth-order valence-electron chi connectivity index (χ4n) is 1.83. The van der Waals surface area contributed by atoms with Crippen LogP contribution in [0.25, 0.3) is 0 Å². The number of nitrogens with zero attached hydrogens (tertiary/aromatic N) is 1. The molecule has 0 aliphatic carbocycles. The number of thioether (sulfide) groups is 1. The standard InChI is InChI=1S/C16H19ClN2S/c1-2-14(18)9-12-7-8-16(19-10-12)20-11-13-5-3-4-6-15(13)17/h3-8,10,14H,2,9,11,18H2,1H3. The van der Waals surface area contributed by atoms with Crippen LogP contribution in [0.2, 0.25) is 5.02 Å². The molecule has 0 bridgehead atoms. The first-order chi connectivity index (χ1) is 9.69. The lowest BCUT2D eigenvalue weighted by Crippen LogP contribution is -2.21. The van der Waals surface area contributed by atoms with E-state index in [1.807, 2.05) is 30.5 Å². The minimum atomic E-state index is 0.221. The molecular formula is C16H19ClN2S. The second kappa shape index (κ2) is 7.67. The number of aromatic nitrogens is 1. The number of benzene rings is 1. The monoisotopic (exact) mass is 306 g/mol. The van der Waals surface area contributed by atoms with E-state index in [1.165, 1.54) is 5.56 Å². The van der Waals surface area contributed by atoms with Gasteiger partial charge in [-0.2, -0.15) is 0 Å². The molecule has 1 atom stereocenters. The smallest absolute Gasteiger partial charge is 0.0963 e. The van der Waals surface area contributed by atoms with Crippen LogP contribution in [0, 0.1) is 0 Å². The zero-order chi connectivity index (χ0) is 14.4. The lowest BCUT2D eigenvalue weighted by atomic mass is 10.1. The van der Waals surface area contributed by atoms with Gasteiger partial charge in [-0.05, 0) is 36.1 Å². The van der Waals surface area contributed by atoms with Gasteiger partial charge in [0.1, 0.15) is 0 Å².